The zero-order valence-electron chi connectivity index (χ0n) is 18.1. The Hall–Kier alpha value is -2.86. The maximum atomic E-state index is 13.2. The number of para-hydroxylation sites is 1. The highest BCUT2D eigenvalue weighted by Crippen LogP contribution is 2.21. The van der Waals surface area contributed by atoms with Crippen molar-refractivity contribution in [3.8, 4) is 5.75 Å². The van der Waals surface area contributed by atoms with Gasteiger partial charge in [0.2, 0.25) is 5.91 Å². The van der Waals surface area contributed by atoms with Crippen LogP contribution in [0.3, 0.4) is 0 Å². The number of hydrogen-bond acceptors (Lipinski definition) is 4. The first-order valence-corrected chi connectivity index (χ1v) is 10.4. The fourth-order valence-corrected chi connectivity index (χ4v) is 3.89. The lowest BCUT2D eigenvalue weighted by atomic mass is 9.96. The van der Waals surface area contributed by atoms with Gasteiger partial charge in [-0.2, -0.15) is 0 Å². The molecular weight excluding hydrogens is 378 g/mol. The molecular formula is C24H31N3O3. The Bertz CT molecular complexity index is 829. The van der Waals surface area contributed by atoms with Crippen LogP contribution in [0.25, 0.3) is 0 Å². The molecule has 1 aliphatic rings. The van der Waals surface area contributed by atoms with Crippen LogP contribution in [0.15, 0.2) is 54.6 Å². The molecule has 0 aromatic heterocycles. The molecule has 30 heavy (non-hydrogen) atoms. The molecule has 0 N–H and O–H groups in total. The third-order valence-electron chi connectivity index (χ3n) is 5.53. The van der Waals surface area contributed by atoms with Crippen LogP contribution in [0.1, 0.15) is 23.2 Å². The van der Waals surface area contributed by atoms with Crippen LogP contribution in [0.4, 0.5) is 5.69 Å². The molecule has 0 atom stereocenters. The van der Waals surface area contributed by atoms with E-state index in [-0.39, 0.29) is 18.4 Å². The van der Waals surface area contributed by atoms with Gasteiger partial charge in [-0.25, -0.2) is 0 Å². The standard InChI is InChI=1S/C24H31N3O3/c1-25(2)17-19-13-15-26(16-14-19)23(28)18-27(21-7-5-4-6-8-21)24(29)20-9-11-22(30-3)12-10-20/h4-12,19H,13-18H2,1-3H3. The second kappa shape index (κ2) is 10.3. The molecule has 0 bridgehead atoms. The average Bonchev–Trinajstić information content (AvgIpc) is 2.77. The van der Waals surface area contributed by atoms with E-state index in [1.165, 1.54) is 0 Å². The number of amides is 2. The van der Waals surface area contributed by atoms with E-state index in [0.717, 1.165) is 32.5 Å². The van der Waals surface area contributed by atoms with Crippen LogP contribution < -0.4 is 9.64 Å². The van der Waals surface area contributed by atoms with Gasteiger partial charge in [-0.05, 0) is 69.3 Å². The molecule has 160 valence electrons. The minimum atomic E-state index is -0.195. The number of hydrogen-bond donors (Lipinski definition) is 0. The van der Waals surface area contributed by atoms with Crippen molar-refractivity contribution in [2.75, 3.05) is 52.3 Å². The fraction of sp³-hybridized carbons (Fsp3) is 0.417. The van der Waals surface area contributed by atoms with Crippen molar-refractivity contribution in [2.24, 2.45) is 5.92 Å². The fourth-order valence-electron chi connectivity index (χ4n) is 3.89. The average molecular weight is 410 g/mol. The first kappa shape index (κ1) is 21.8. The molecule has 0 aliphatic carbocycles. The maximum absolute atomic E-state index is 13.2. The highest BCUT2D eigenvalue weighted by Gasteiger charge is 2.27. The third-order valence-corrected chi connectivity index (χ3v) is 5.53. The van der Waals surface area contributed by atoms with Crippen LogP contribution in [0, 0.1) is 5.92 Å². The number of carbonyl (C=O) groups excluding carboxylic acids is 2. The molecule has 2 aromatic rings. The van der Waals surface area contributed by atoms with Crippen molar-refractivity contribution in [2.45, 2.75) is 12.8 Å². The largest absolute Gasteiger partial charge is 0.497 e. The Morgan fingerprint density at radius 1 is 1.00 bits per heavy atom. The molecule has 2 amide bonds. The number of likely N-dealkylation sites (tertiary alicyclic amines) is 1. The van der Waals surface area contributed by atoms with Gasteiger partial charge in [0.05, 0.1) is 7.11 Å². The number of methoxy groups -OCH3 is 1. The molecule has 1 aliphatic heterocycles. The minimum Gasteiger partial charge on any atom is -0.497 e. The topological polar surface area (TPSA) is 53.1 Å². The Labute approximate surface area is 179 Å². The van der Waals surface area contributed by atoms with Gasteiger partial charge in [0.1, 0.15) is 12.3 Å². The van der Waals surface area contributed by atoms with E-state index < -0.39 is 0 Å². The predicted octanol–water partition coefficient (Wildman–Crippen LogP) is 3.14. The number of piperidine rings is 1. The van der Waals surface area contributed by atoms with Crippen LogP contribution >= 0.6 is 0 Å². The number of nitrogens with zero attached hydrogens (tertiary/aromatic N) is 3. The lowest BCUT2D eigenvalue weighted by Crippen LogP contribution is -2.46. The van der Waals surface area contributed by atoms with E-state index in [1.54, 1.807) is 36.3 Å². The van der Waals surface area contributed by atoms with E-state index in [4.69, 9.17) is 4.74 Å². The first-order chi connectivity index (χ1) is 14.5. The smallest absolute Gasteiger partial charge is 0.258 e. The van der Waals surface area contributed by atoms with E-state index in [2.05, 4.69) is 19.0 Å². The third kappa shape index (κ3) is 5.60. The molecule has 1 saturated heterocycles. The SMILES string of the molecule is COc1ccc(C(=O)N(CC(=O)N2CCC(CN(C)C)CC2)c2ccccc2)cc1. The zero-order chi connectivity index (χ0) is 21.5. The van der Waals surface area contributed by atoms with Gasteiger partial charge in [-0.1, -0.05) is 18.2 Å². The normalized spacial score (nSPS) is 14.6. The molecule has 2 aromatic carbocycles. The van der Waals surface area contributed by atoms with Gasteiger partial charge < -0.3 is 14.5 Å². The molecule has 1 fully saturated rings. The minimum absolute atomic E-state index is 0.0102. The maximum Gasteiger partial charge on any atom is 0.258 e. The number of ether oxygens (including phenoxy) is 1. The quantitative estimate of drug-likeness (QED) is 0.705. The van der Waals surface area contributed by atoms with Gasteiger partial charge in [-0.15, -0.1) is 0 Å². The monoisotopic (exact) mass is 409 g/mol. The zero-order valence-corrected chi connectivity index (χ0v) is 18.1. The lowest BCUT2D eigenvalue weighted by Gasteiger charge is -2.34. The molecule has 0 radical (unpaired) electrons. The van der Waals surface area contributed by atoms with Crippen LogP contribution in [0.5, 0.6) is 5.75 Å². The van der Waals surface area contributed by atoms with Crippen molar-refractivity contribution in [1.82, 2.24) is 9.80 Å². The van der Waals surface area contributed by atoms with Gasteiger partial charge >= 0.3 is 0 Å². The summed E-state index contributed by atoms with van der Waals surface area (Å²) < 4.78 is 5.18. The van der Waals surface area contributed by atoms with Crippen LogP contribution in [-0.4, -0.2) is 69.0 Å². The molecule has 0 unspecified atom stereocenters. The number of benzene rings is 2. The lowest BCUT2D eigenvalue weighted by molar-refractivity contribution is -0.131. The summed E-state index contributed by atoms with van der Waals surface area (Å²) in [7, 11) is 5.76. The summed E-state index contributed by atoms with van der Waals surface area (Å²) in [6.45, 7) is 2.58. The first-order valence-electron chi connectivity index (χ1n) is 10.4. The van der Waals surface area contributed by atoms with Gasteiger partial charge in [0, 0.05) is 30.9 Å². The second-order valence-electron chi connectivity index (χ2n) is 8.04. The number of rotatable bonds is 7. The Balaban J connectivity index is 1.72. The summed E-state index contributed by atoms with van der Waals surface area (Å²) in [6.07, 6.45) is 2.00. The van der Waals surface area contributed by atoms with Crippen LogP contribution in [-0.2, 0) is 4.79 Å². The summed E-state index contributed by atoms with van der Waals surface area (Å²) in [5.74, 6) is 1.11. The molecule has 0 spiro atoms. The summed E-state index contributed by atoms with van der Waals surface area (Å²) in [5, 5.41) is 0. The molecule has 6 nitrogen and oxygen atoms in total. The molecule has 1 heterocycles. The van der Waals surface area contributed by atoms with Gasteiger partial charge in [0.25, 0.3) is 5.91 Å². The second-order valence-corrected chi connectivity index (χ2v) is 8.04. The van der Waals surface area contributed by atoms with E-state index in [9.17, 15) is 9.59 Å². The van der Waals surface area contributed by atoms with Crippen molar-refractivity contribution >= 4 is 17.5 Å². The predicted molar refractivity (Wildman–Crippen MR) is 119 cm³/mol. The molecule has 3 rings (SSSR count). The van der Waals surface area contributed by atoms with Crippen molar-refractivity contribution in [3.63, 3.8) is 0 Å². The highest BCUT2D eigenvalue weighted by molar-refractivity contribution is 6.08. The number of carbonyl (C=O) groups is 2. The van der Waals surface area contributed by atoms with E-state index in [1.807, 2.05) is 35.2 Å². The Kier molecular flexibility index (Phi) is 7.46. The van der Waals surface area contributed by atoms with Crippen molar-refractivity contribution in [1.29, 1.82) is 0 Å². The van der Waals surface area contributed by atoms with E-state index >= 15 is 0 Å². The summed E-state index contributed by atoms with van der Waals surface area (Å²) in [5.41, 5.74) is 1.24. The van der Waals surface area contributed by atoms with Crippen molar-refractivity contribution in [3.05, 3.63) is 60.2 Å². The highest BCUT2D eigenvalue weighted by atomic mass is 16.5. The Morgan fingerprint density at radius 2 is 1.63 bits per heavy atom. The van der Waals surface area contributed by atoms with Crippen molar-refractivity contribution < 1.29 is 14.3 Å². The van der Waals surface area contributed by atoms with Gasteiger partial charge in [-0.3, -0.25) is 14.5 Å². The van der Waals surface area contributed by atoms with Crippen LogP contribution in [0.2, 0.25) is 0 Å². The summed E-state index contributed by atoms with van der Waals surface area (Å²) in [6, 6.07) is 16.3. The summed E-state index contributed by atoms with van der Waals surface area (Å²) >= 11 is 0. The molecule has 6 heteroatoms. The number of anilines is 1. The Morgan fingerprint density at radius 3 is 2.20 bits per heavy atom. The van der Waals surface area contributed by atoms with Gasteiger partial charge in [0.15, 0.2) is 0 Å². The molecule has 0 saturated carbocycles. The van der Waals surface area contributed by atoms with E-state index in [0.29, 0.717) is 22.9 Å². The summed E-state index contributed by atoms with van der Waals surface area (Å²) in [4.78, 5) is 32.0.